The minimum atomic E-state index is -1.12. The minimum Gasteiger partial charge on any atom is -0.480 e. The number of rotatable bonds is 3. The molecule has 0 bridgehead atoms. The summed E-state index contributed by atoms with van der Waals surface area (Å²) in [6.45, 7) is 5.69. The third-order valence-electron chi connectivity index (χ3n) is 4.63. The van der Waals surface area contributed by atoms with E-state index in [1.165, 1.54) is 0 Å². The first-order valence-corrected chi connectivity index (χ1v) is 7.20. The van der Waals surface area contributed by atoms with Crippen LogP contribution in [0.4, 0.5) is 4.79 Å². The average Bonchev–Trinajstić information content (AvgIpc) is 3.12. The number of carbonyl (C=O) groups excluding carboxylic acids is 1. The second-order valence-corrected chi connectivity index (χ2v) is 6.25. The van der Waals surface area contributed by atoms with Crippen molar-refractivity contribution in [2.24, 2.45) is 5.92 Å². The van der Waals surface area contributed by atoms with E-state index in [1.807, 2.05) is 18.7 Å². The summed E-state index contributed by atoms with van der Waals surface area (Å²) in [5.74, 6) is -0.856. The summed E-state index contributed by atoms with van der Waals surface area (Å²) in [5, 5.41) is 12.2. The van der Waals surface area contributed by atoms with Crippen LogP contribution in [-0.4, -0.2) is 39.6 Å². The number of carboxylic acid groups (broad SMARTS) is 1. The van der Waals surface area contributed by atoms with Crippen molar-refractivity contribution in [1.29, 1.82) is 0 Å². The van der Waals surface area contributed by atoms with E-state index in [4.69, 9.17) is 0 Å². The summed E-state index contributed by atoms with van der Waals surface area (Å²) < 4.78 is 0. The molecule has 19 heavy (non-hydrogen) atoms. The highest BCUT2D eigenvalue weighted by atomic mass is 16.4. The largest absolute Gasteiger partial charge is 0.480 e. The molecule has 0 aromatic carbocycles. The smallest absolute Gasteiger partial charge is 0.329 e. The monoisotopic (exact) mass is 268 g/mol. The maximum Gasteiger partial charge on any atom is 0.329 e. The molecule has 5 heteroatoms. The molecule has 108 valence electrons. The number of carboxylic acids is 1. The van der Waals surface area contributed by atoms with Gasteiger partial charge in [0.1, 0.15) is 5.54 Å². The average molecular weight is 268 g/mol. The lowest BCUT2D eigenvalue weighted by Crippen LogP contribution is -2.61. The lowest BCUT2D eigenvalue weighted by Gasteiger charge is -2.41. The Morgan fingerprint density at radius 3 is 2.11 bits per heavy atom. The molecular weight excluding hydrogens is 244 g/mol. The van der Waals surface area contributed by atoms with Crippen LogP contribution in [-0.2, 0) is 4.79 Å². The number of nitrogens with one attached hydrogen (secondary N) is 1. The molecular formula is C14H24N2O3. The molecule has 5 nitrogen and oxygen atoms in total. The van der Waals surface area contributed by atoms with E-state index in [0.29, 0.717) is 0 Å². The van der Waals surface area contributed by atoms with Gasteiger partial charge in [-0.05, 0) is 58.8 Å². The van der Waals surface area contributed by atoms with Crippen LogP contribution in [0, 0.1) is 5.92 Å². The van der Waals surface area contributed by atoms with Crippen LogP contribution in [0.15, 0.2) is 0 Å². The quantitative estimate of drug-likeness (QED) is 0.824. The van der Waals surface area contributed by atoms with E-state index in [2.05, 4.69) is 5.32 Å². The van der Waals surface area contributed by atoms with Crippen LogP contribution >= 0.6 is 0 Å². The third kappa shape index (κ3) is 2.69. The molecule has 1 saturated heterocycles. The van der Waals surface area contributed by atoms with Gasteiger partial charge in [-0.2, -0.15) is 0 Å². The van der Waals surface area contributed by atoms with E-state index in [1.54, 1.807) is 6.92 Å². The van der Waals surface area contributed by atoms with Gasteiger partial charge in [0.05, 0.1) is 0 Å². The van der Waals surface area contributed by atoms with Crippen molar-refractivity contribution >= 4 is 12.0 Å². The van der Waals surface area contributed by atoms with Gasteiger partial charge in [-0.1, -0.05) is 0 Å². The summed E-state index contributed by atoms with van der Waals surface area (Å²) >= 11 is 0. The number of hydrogen-bond acceptors (Lipinski definition) is 2. The van der Waals surface area contributed by atoms with E-state index in [9.17, 15) is 14.7 Å². The number of nitrogens with zero attached hydrogens (tertiary/aromatic N) is 1. The Bertz CT molecular complexity index is 371. The van der Waals surface area contributed by atoms with Crippen LogP contribution in [0.2, 0.25) is 0 Å². The summed E-state index contributed by atoms with van der Waals surface area (Å²) in [4.78, 5) is 25.7. The van der Waals surface area contributed by atoms with Gasteiger partial charge >= 0.3 is 12.0 Å². The number of likely N-dealkylation sites (tertiary alicyclic amines) is 1. The number of hydrogen-bond donors (Lipinski definition) is 2. The Balaban J connectivity index is 2.08. The number of piperidine rings is 1. The highest BCUT2D eigenvalue weighted by Gasteiger charge is 2.49. The van der Waals surface area contributed by atoms with Crippen LogP contribution in [0.3, 0.4) is 0 Å². The maximum absolute atomic E-state index is 12.4. The fourth-order valence-electron chi connectivity index (χ4n) is 3.10. The molecule has 1 saturated carbocycles. The number of amides is 2. The van der Waals surface area contributed by atoms with Gasteiger partial charge in [0.25, 0.3) is 0 Å². The number of urea groups is 1. The van der Waals surface area contributed by atoms with E-state index in [-0.39, 0.29) is 24.0 Å². The second kappa shape index (κ2) is 5.02. The Morgan fingerprint density at radius 1 is 1.16 bits per heavy atom. The molecule has 2 aliphatic rings. The van der Waals surface area contributed by atoms with Gasteiger partial charge in [0.15, 0.2) is 0 Å². The van der Waals surface area contributed by atoms with Crippen molar-refractivity contribution < 1.29 is 14.7 Å². The molecule has 1 heterocycles. The summed E-state index contributed by atoms with van der Waals surface area (Å²) in [6, 6.07) is 0.137. The fourth-order valence-corrected chi connectivity index (χ4v) is 3.10. The van der Waals surface area contributed by atoms with Crippen molar-refractivity contribution in [1.82, 2.24) is 10.2 Å². The van der Waals surface area contributed by atoms with Crippen molar-refractivity contribution in [2.45, 2.75) is 70.5 Å². The number of carbonyl (C=O) groups is 2. The summed E-state index contributed by atoms with van der Waals surface area (Å²) in [5.41, 5.74) is -1.12. The molecule has 1 unspecified atom stereocenters. The van der Waals surface area contributed by atoms with Gasteiger partial charge in [0.2, 0.25) is 0 Å². The van der Waals surface area contributed by atoms with E-state index >= 15 is 0 Å². The van der Waals surface area contributed by atoms with Crippen molar-refractivity contribution in [3.63, 3.8) is 0 Å². The third-order valence-corrected chi connectivity index (χ3v) is 4.63. The van der Waals surface area contributed by atoms with Crippen molar-refractivity contribution in [3.05, 3.63) is 0 Å². The molecule has 1 aliphatic heterocycles. The van der Waals surface area contributed by atoms with Crippen molar-refractivity contribution in [3.8, 4) is 0 Å². The first-order valence-electron chi connectivity index (χ1n) is 7.20. The zero-order chi connectivity index (χ0) is 14.2. The van der Waals surface area contributed by atoms with Gasteiger partial charge in [-0.15, -0.1) is 0 Å². The molecule has 0 aromatic heterocycles. The molecule has 0 aromatic rings. The molecule has 2 N–H and O–H groups in total. The molecule has 2 rings (SSSR count). The highest BCUT2D eigenvalue weighted by Crippen LogP contribution is 2.40. The van der Waals surface area contributed by atoms with Crippen LogP contribution in [0.25, 0.3) is 0 Å². The maximum atomic E-state index is 12.4. The first kappa shape index (κ1) is 14.2. The second-order valence-electron chi connectivity index (χ2n) is 6.25. The Labute approximate surface area is 114 Å². The van der Waals surface area contributed by atoms with Gasteiger partial charge in [0, 0.05) is 12.1 Å². The van der Waals surface area contributed by atoms with Gasteiger partial charge in [-0.3, -0.25) is 0 Å². The predicted molar refractivity (Wildman–Crippen MR) is 71.9 cm³/mol. The van der Waals surface area contributed by atoms with Crippen LogP contribution in [0.5, 0.6) is 0 Å². The van der Waals surface area contributed by atoms with Crippen LogP contribution < -0.4 is 5.32 Å². The molecule has 2 amide bonds. The Hall–Kier alpha value is -1.26. The minimum absolute atomic E-state index is 0.0735. The van der Waals surface area contributed by atoms with Crippen LogP contribution in [0.1, 0.15) is 52.9 Å². The first-order chi connectivity index (χ1) is 8.86. The zero-order valence-electron chi connectivity index (χ0n) is 12.0. The van der Waals surface area contributed by atoms with E-state index < -0.39 is 11.5 Å². The molecule has 0 spiro atoms. The normalized spacial score (nSPS) is 30.6. The summed E-state index contributed by atoms with van der Waals surface area (Å²) in [6.07, 6.45) is 4.88. The van der Waals surface area contributed by atoms with Gasteiger partial charge in [-0.25, -0.2) is 9.59 Å². The Morgan fingerprint density at radius 2 is 1.68 bits per heavy atom. The zero-order valence-corrected chi connectivity index (χ0v) is 12.0. The predicted octanol–water partition coefficient (Wildman–Crippen LogP) is 2.21. The SMILES string of the molecule is C[C@@H]1CCC[C@H](C)N1C(=O)NC(C)(C(=O)O)C1CC1. The summed E-state index contributed by atoms with van der Waals surface area (Å²) in [7, 11) is 0. The number of aliphatic carboxylic acids is 1. The topological polar surface area (TPSA) is 69.6 Å². The van der Waals surface area contributed by atoms with Gasteiger partial charge < -0.3 is 15.3 Å². The highest BCUT2D eigenvalue weighted by molar-refractivity contribution is 5.86. The van der Waals surface area contributed by atoms with Crippen molar-refractivity contribution in [2.75, 3.05) is 0 Å². The molecule has 0 radical (unpaired) electrons. The Kier molecular flexibility index (Phi) is 3.74. The molecule has 1 aliphatic carbocycles. The lowest BCUT2D eigenvalue weighted by molar-refractivity contribution is -0.144. The lowest BCUT2D eigenvalue weighted by atomic mass is 9.95. The molecule has 2 fully saturated rings. The van der Waals surface area contributed by atoms with E-state index in [0.717, 1.165) is 32.1 Å². The standard InChI is InChI=1S/C14H24N2O3/c1-9-5-4-6-10(2)16(9)13(19)15-14(3,12(17)18)11-7-8-11/h9-11H,4-8H2,1-3H3,(H,15,19)(H,17,18)/t9-,10+,14?. The fraction of sp³-hybridized carbons (Fsp3) is 0.857. The molecule has 3 atom stereocenters.